The van der Waals surface area contributed by atoms with Crippen LogP contribution in [0.4, 0.5) is 0 Å². The van der Waals surface area contributed by atoms with Gasteiger partial charge in [-0.25, -0.2) is 0 Å². The zero-order valence-electron chi connectivity index (χ0n) is 16.6. The molecule has 1 aliphatic heterocycles. The first-order valence-corrected chi connectivity index (χ1v) is 10.4. The molecule has 0 saturated carbocycles. The second-order valence-electron chi connectivity index (χ2n) is 6.83. The Morgan fingerprint density at radius 1 is 1.21 bits per heavy atom. The van der Waals surface area contributed by atoms with Crippen LogP contribution in [0.5, 0.6) is 11.5 Å². The van der Waals surface area contributed by atoms with Crippen molar-refractivity contribution >= 4 is 17.2 Å². The summed E-state index contributed by atoms with van der Waals surface area (Å²) in [7, 11) is 3.19. The molecular weight excluding hydrogens is 376 g/mol. The van der Waals surface area contributed by atoms with Gasteiger partial charge in [0.15, 0.2) is 11.5 Å². The van der Waals surface area contributed by atoms with Crippen molar-refractivity contribution in [1.29, 1.82) is 0 Å². The van der Waals surface area contributed by atoms with Crippen LogP contribution in [0, 0.1) is 0 Å². The number of carbonyl (C=O) groups is 1. The fraction of sp³-hybridized carbons (Fsp3) is 0.476. The predicted molar refractivity (Wildman–Crippen MR) is 110 cm³/mol. The molecular formula is C21H28N2O4S. The van der Waals surface area contributed by atoms with Gasteiger partial charge in [-0.2, -0.15) is 0 Å². The molecule has 1 aromatic heterocycles. The first-order chi connectivity index (χ1) is 13.6. The average molecular weight is 405 g/mol. The number of thiophene rings is 1. The van der Waals surface area contributed by atoms with E-state index in [0.717, 1.165) is 31.9 Å². The van der Waals surface area contributed by atoms with Crippen molar-refractivity contribution in [2.45, 2.75) is 25.4 Å². The second kappa shape index (κ2) is 9.91. The fourth-order valence-corrected chi connectivity index (χ4v) is 4.58. The summed E-state index contributed by atoms with van der Waals surface area (Å²) in [6, 6.07) is 9.91. The number of benzene rings is 1. The number of methoxy groups -OCH3 is 2. The lowest BCUT2D eigenvalue weighted by atomic mass is 10.0. The molecule has 28 heavy (non-hydrogen) atoms. The highest BCUT2D eigenvalue weighted by atomic mass is 32.1. The van der Waals surface area contributed by atoms with E-state index < -0.39 is 0 Å². The van der Waals surface area contributed by atoms with Gasteiger partial charge in [0.1, 0.15) is 0 Å². The number of amides is 1. The molecule has 0 unspecified atom stereocenters. The Hall–Kier alpha value is -2.09. The van der Waals surface area contributed by atoms with Crippen LogP contribution in [0.15, 0.2) is 35.7 Å². The molecule has 7 heteroatoms. The normalized spacial score (nSPS) is 17.0. The van der Waals surface area contributed by atoms with Crippen molar-refractivity contribution < 1.29 is 19.0 Å². The standard InChI is InChI=1S/C21H28N2O4S/c1-15(21(19-5-4-12-28-19)23-8-10-27-11-9-23)22-20(24)14-16-6-7-17(25-2)18(13-16)26-3/h4-7,12-13,15,21H,8-11,14H2,1-3H3,(H,22,24)/t15-,21-/m1/s1. The maximum absolute atomic E-state index is 12.7. The lowest BCUT2D eigenvalue weighted by Gasteiger charge is -2.37. The van der Waals surface area contributed by atoms with Crippen LogP contribution in [0.1, 0.15) is 23.4 Å². The Morgan fingerprint density at radius 3 is 2.61 bits per heavy atom. The van der Waals surface area contributed by atoms with E-state index in [1.807, 2.05) is 18.2 Å². The van der Waals surface area contributed by atoms with E-state index >= 15 is 0 Å². The third-order valence-electron chi connectivity index (χ3n) is 4.95. The van der Waals surface area contributed by atoms with Gasteiger partial charge in [-0.05, 0) is 36.1 Å². The van der Waals surface area contributed by atoms with Crippen LogP contribution in [0.3, 0.4) is 0 Å². The molecule has 1 saturated heterocycles. The molecule has 1 fully saturated rings. The summed E-state index contributed by atoms with van der Waals surface area (Å²) in [5, 5.41) is 5.28. The topological polar surface area (TPSA) is 60.0 Å². The summed E-state index contributed by atoms with van der Waals surface area (Å²) in [6.07, 6.45) is 0.297. The Balaban J connectivity index is 1.67. The first kappa shape index (κ1) is 20.6. The van der Waals surface area contributed by atoms with Crippen LogP contribution in [0.2, 0.25) is 0 Å². The van der Waals surface area contributed by atoms with E-state index in [4.69, 9.17) is 14.2 Å². The fourth-order valence-electron chi connectivity index (χ4n) is 3.62. The number of ether oxygens (including phenoxy) is 3. The number of nitrogens with zero attached hydrogens (tertiary/aromatic N) is 1. The van der Waals surface area contributed by atoms with Gasteiger partial charge >= 0.3 is 0 Å². The molecule has 1 amide bonds. The van der Waals surface area contributed by atoms with Gasteiger partial charge in [-0.1, -0.05) is 12.1 Å². The van der Waals surface area contributed by atoms with E-state index in [9.17, 15) is 4.79 Å². The minimum atomic E-state index is -0.00982. The highest BCUT2D eigenvalue weighted by molar-refractivity contribution is 7.10. The molecule has 0 spiro atoms. The Kier molecular flexibility index (Phi) is 7.30. The first-order valence-electron chi connectivity index (χ1n) is 9.48. The van der Waals surface area contributed by atoms with Crippen LogP contribution in [0.25, 0.3) is 0 Å². The summed E-state index contributed by atoms with van der Waals surface area (Å²) >= 11 is 1.73. The quantitative estimate of drug-likeness (QED) is 0.733. The minimum Gasteiger partial charge on any atom is -0.493 e. The van der Waals surface area contributed by atoms with E-state index in [1.165, 1.54) is 4.88 Å². The Bertz CT molecular complexity index is 760. The predicted octanol–water partition coefficient (Wildman–Crippen LogP) is 2.89. The van der Waals surface area contributed by atoms with Gasteiger partial charge < -0.3 is 19.5 Å². The zero-order chi connectivity index (χ0) is 19.9. The van der Waals surface area contributed by atoms with Crippen LogP contribution < -0.4 is 14.8 Å². The van der Waals surface area contributed by atoms with Gasteiger partial charge in [0.25, 0.3) is 0 Å². The number of morpholine rings is 1. The molecule has 2 heterocycles. The Labute approximate surface area is 170 Å². The number of hydrogen-bond donors (Lipinski definition) is 1. The van der Waals surface area contributed by atoms with Crippen LogP contribution >= 0.6 is 11.3 Å². The summed E-state index contributed by atoms with van der Waals surface area (Å²) < 4.78 is 16.1. The lowest BCUT2D eigenvalue weighted by Crippen LogP contribution is -2.48. The van der Waals surface area contributed by atoms with Crippen molar-refractivity contribution in [1.82, 2.24) is 10.2 Å². The van der Waals surface area contributed by atoms with E-state index in [-0.39, 0.29) is 18.0 Å². The molecule has 2 atom stereocenters. The zero-order valence-corrected chi connectivity index (χ0v) is 17.5. The number of nitrogens with one attached hydrogen (secondary N) is 1. The third kappa shape index (κ3) is 5.04. The lowest BCUT2D eigenvalue weighted by molar-refractivity contribution is -0.121. The maximum atomic E-state index is 12.7. The SMILES string of the molecule is COc1ccc(CC(=O)N[C@H](C)[C@H](c2cccs2)N2CCOCC2)cc1OC. The monoisotopic (exact) mass is 404 g/mol. The van der Waals surface area contributed by atoms with Crippen molar-refractivity contribution in [3.63, 3.8) is 0 Å². The average Bonchev–Trinajstić information content (AvgIpc) is 3.23. The molecule has 6 nitrogen and oxygen atoms in total. The molecule has 2 aromatic rings. The molecule has 152 valence electrons. The molecule has 0 radical (unpaired) electrons. The molecule has 1 aromatic carbocycles. The van der Waals surface area contributed by atoms with Crippen LogP contribution in [-0.4, -0.2) is 57.4 Å². The molecule has 1 aliphatic rings. The minimum absolute atomic E-state index is 0.00506. The molecule has 3 rings (SSSR count). The summed E-state index contributed by atoms with van der Waals surface area (Å²) in [6.45, 7) is 5.28. The van der Waals surface area contributed by atoms with Crippen molar-refractivity contribution in [3.05, 3.63) is 46.2 Å². The van der Waals surface area contributed by atoms with Gasteiger partial charge in [-0.3, -0.25) is 9.69 Å². The third-order valence-corrected chi connectivity index (χ3v) is 5.89. The molecule has 0 aliphatic carbocycles. The number of rotatable bonds is 8. The smallest absolute Gasteiger partial charge is 0.224 e. The molecule has 0 bridgehead atoms. The molecule has 1 N–H and O–H groups in total. The van der Waals surface area contributed by atoms with Crippen molar-refractivity contribution in [3.8, 4) is 11.5 Å². The number of hydrogen-bond acceptors (Lipinski definition) is 6. The van der Waals surface area contributed by atoms with E-state index in [1.54, 1.807) is 25.6 Å². The van der Waals surface area contributed by atoms with Gasteiger partial charge in [0.2, 0.25) is 5.91 Å². The van der Waals surface area contributed by atoms with E-state index in [0.29, 0.717) is 17.9 Å². The van der Waals surface area contributed by atoms with Crippen molar-refractivity contribution in [2.75, 3.05) is 40.5 Å². The maximum Gasteiger partial charge on any atom is 0.224 e. The van der Waals surface area contributed by atoms with Gasteiger partial charge in [0.05, 0.1) is 39.9 Å². The van der Waals surface area contributed by atoms with Crippen molar-refractivity contribution in [2.24, 2.45) is 0 Å². The highest BCUT2D eigenvalue weighted by Gasteiger charge is 2.29. The highest BCUT2D eigenvalue weighted by Crippen LogP contribution is 2.30. The Morgan fingerprint density at radius 2 is 1.96 bits per heavy atom. The summed E-state index contributed by atoms with van der Waals surface area (Å²) in [4.78, 5) is 16.4. The van der Waals surface area contributed by atoms with Gasteiger partial charge in [-0.15, -0.1) is 11.3 Å². The van der Waals surface area contributed by atoms with Crippen LogP contribution in [-0.2, 0) is 16.0 Å². The van der Waals surface area contributed by atoms with E-state index in [2.05, 4.69) is 34.7 Å². The summed E-state index contributed by atoms with van der Waals surface area (Å²) in [5.41, 5.74) is 0.890. The second-order valence-corrected chi connectivity index (χ2v) is 7.81. The van der Waals surface area contributed by atoms with Gasteiger partial charge in [0, 0.05) is 24.0 Å². The summed E-state index contributed by atoms with van der Waals surface area (Å²) in [5.74, 6) is 1.28. The number of carbonyl (C=O) groups excluding carboxylic acids is 1. The largest absolute Gasteiger partial charge is 0.493 e.